The number of nitrogens with zero attached hydrogens (tertiary/aromatic N) is 2. The predicted molar refractivity (Wildman–Crippen MR) is 70.8 cm³/mol. The first-order valence-corrected chi connectivity index (χ1v) is 6.92. The van der Waals surface area contributed by atoms with Crippen molar-refractivity contribution in [2.75, 3.05) is 32.8 Å². The minimum Gasteiger partial charge on any atom is -0.508 e. The van der Waals surface area contributed by atoms with Crippen LogP contribution in [0.1, 0.15) is 5.56 Å². The highest BCUT2D eigenvalue weighted by atomic mass is 16.3. The summed E-state index contributed by atoms with van der Waals surface area (Å²) >= 11 is 0. The van der Waals surface area contributed by atoms with E-state index in [0.29, 0.717) is 5.78 Å². The molecule has 1 N–H and O–H groups in total. The number of phenols is 1. The third kappa shape index (κ3) is 1.70. The molecule has 4 nitrogen and oxygen atoms in total. The summed E-state index contributed by atoms with van der Waals surface area (Å²) in [5.41, 5.74) is 0.937. The van der Waals surface area contributed by atoms with Crippen molar-refractivity contribution in [1.82, 2.24) is 9.80 Å². The second-order valence-corrected chi connectivity index (χ2v) is 6.35. The fraction of sp³-hybridized carbons (Fsp3) is 0.533. The second-order valence-electron chi connectivity index (χ2n) is 6.35. The summed E-state index contributed by atoms with van der Waals surface area (Å²) in [5, 5.41) is 9.35. The van der Waals surface area contributed by atoms with Gasteiger partial charge in [-0.1, -0.05) is 12.1 Å². The molecule has 19 heavy (non-hydrogen) atoms. The van der Waals surface area contributed by atoms with Gasteiger partial charge in [0, 0.05) is 32.1 Å². The number of phenolic OH excluding ortho intramolecular Hbond substituents is 1. The number of aromatic hydroxyl groups is 1. The molecule has 2 unspecified atom stereocenters. The van der Waals surface area contributed by atoms with Gasteiger partial charge in [-0.25, -0.2) is 0 Å². The molecule has 5 rings (SSSR count). The number of carbonyl (C=O) groups excluding carboxylic acids is 1. The van der Waals surface area contributed by atoms with Gasteiger partial charge in [0.25, 0.3) is 0 Å². The molecule has 4 aliphatic rings. The molecule has 0 spiro atoms. The lowest BCUT2D eigenvalue weighted by Gasteiger charge is -2.58. The van der Waals surface area contributed by atoms with E-state index in [1.165, 1.54) is 0 Å². The molecule has 0 amide bonds. The normalized spacial score (nSPS) is 39.8. The zero-order valence-electron chi connectivity index (χ0n) is 10.9. The predicted octanol–water partition coefficient (Wildman–Crippen LogP) is 0.709. The molecular weight excluding hydrogens is 240 g/mol. The quantitative estimate of drug-likeness (QED) is 0.848. The van der Waals surface area contributed by atoms with E-state index in [1.807, 2.05) is 12.1 Å². The largest absolute Gasteiger partial charge is 0.508 e. The van der Waals surface area contributed by atoms with Gasteiger partial charge in [-0.15, -0.1) is 0 Å². The number of Topliss-reactive ketones (excluding diaryl/α,β-unsaturated/α-hetero) is 1. The smallest absolute Gasteiger partial charge is 0.147 e. The van der Waals surface area contributed by atoms with Crippen molar-refractivity contribution in [2.24, 2.45) is 11.3 Å². The summed E-state index contributed by atoms with van der Waals surface area (Å²) in [4.78, 5) is 17.5. The number of benzene rings is 1. The molecule has 4 fully saturated rings. The van der Waals surface area contributed by atoms with Gasteiger partial charge in [0.05, 0.1) is 12.1 Å². The van der Waals surface area contributed by atoms with Crippen LogP contribution in [0.15, 0.2) is 24.3 Å². The van der Waals surface area contributed by atoms with Crippen molar-refractivity contribution < 1.29 is 9.90 Å². The molecule has 4 bridgehead atoms. The van der Waals surface area contributed by atoms with Crippen molar-refractivity contribution in [3.8, 4) is 5.75 Å². The minimum absolute atomic E-state index is 0.212. The van der Waals surface area contributed by atoms with Crippen LogP contribution in [0.3, 0.4) is 0 Å². The van der Waals surface area contributed by atoms with Gasteiger partial charge in [0.15, 0.2) is 0 Å². The summed E-state index contributed by atoms with van der Waals surface area (Å²) in [6, 6.07) is 7.29. The minimum atomic E-state index is -0.212. The lowest BCUT2D eigenvalue weighted by molar-refractivity contribution is -0.165. The Bertz CT molecular complexity index is 511. The lowest BCUT2D eigenvalue weighted by Crippen LogP contribution is -2.72. The Balaban J connectivity index is 1.65. The fourth-order valence-corrected chi connectivity index (χ4v) is 4.17. The van der Waals surface area contributed by atoms with Crippen LogP contribution in [0.4, 0.5) is 0 Å². The molecule has 2 atom stereocenters. The van der Waals surface area contributed by atoms with Crippen molar-refractivity contribution in [1.29, 1.82) is 0 Å². The van der Waals surface area contributed by atoms with E-state index in [9.17, 15) is 9.90 Å². The molecule has 100 valence electrons. The maximum Gasteiger partial charge on any atom is 0.147 e. The van der Waals surface area contributed by atoms with Crippen molar-refractivity contribution in [2.45, 2.75) is 6.42 Å². The van der Waals surface area contributed by atoms with Gasteiger partial charge in [0.1, 0.15) is 11.5 Å². The molecule has 0 saturated carbocycles. The van der Waals surface area contributed by atoms with Crippen LogP contribution in [-0.4, -0.2) is 53.5 Å². The number of hydrogen-bond donors (Lipinski definition) is 1. The first-order chi connectivity index (χ1) is 9.14. The highest BCUT2D eigenvalue weighted by Crippen LogP contribution is 2.41. The number of ketones is 1. The van der Waals surface area contributed by atoms with E-state index in [-0.39, 0.29) is 17.1 Å². The summed E-state index contributed by atoms with van der Waals surface area (Å²) in [7, 11) is 0. The van der Waals surface area contributed by atoms with Crippen LogP contribution in [-0.2, 0) is 11.2 Å². The van der Waals surface area contributed by atoms with Crippen LogP contribution in [0.2, 0.25) is 0 Å². The Labute approximate surface area is 112 Å². The molecule has 4 heterocycles. The third-order valence-electron chi connectivity index (χ3n) is 4.78. The number of rotatable bonds is 2. The van der Waals surface area contributed by atoms with Crippen molar-refractivity contribution in [3.63, 3.8) is 0 Å². The van der Waals surface area contributed by atoms with Gasteiger partial charge in [-0.3, -0.25) is 14.6 Å². The Hall–Kier alpha value is -1.39. The van der Waals surface area contributed by atoms with Crippen molar-refractivity contribution >= 4 is 5.78 Å². The topological polar surface area (TPSA) is 43.8 Å². The van der Waals surface area contributed by atoms with Gasteiger partial charge in [0.2, 0.25) is 0 Å². The Morgan fingerprint density at radius 1 is 1.16 bits per heavy atom. The molecule has 0 aromatic heterocycles. The summed E-state index contributed by atoms with van der Waals surface area (Å²) < 4.78 is 0. The molecule has 0 aliphatic carbocycles. The van der Waals surface area contributed by atoms with Crippen LogP contribution >= 0.6 is 0 Å². The first-order valence-electron chi connectivity index (χ1n) is 6.92. The molecule has 1 aromatic carbocycles. The maximum atomic E-state index is 12.7. The van der Waals surface area contributed by atoms with Gasteiger partial charge < -0.3 is 5.11 Å². The third-order valence-corrected chi connectivity index (χ3v) is 4.78. The lowest BCUT2D eigenvalue weighted by atomic mass is 9.66. The van der Waals surface area contributed by atoms with Gasteiger partial charge in [-0.05, 0) is 24.1 Å². The molecule has 4 aliphatic heterocycles. The van der Waals surface area contributed by atoms with Crippen LogP contribution in [0.5, 0.6) is 5.75 Å². The molecule has 4 heteroatoms. The maximum absolute atomic E-state index is 12.7. The van der Waals surface area contributed by atoms with E-state index in [1.54, 1.807) is 12.1 Å². The Morgan fingerprint density at radius 2 is 1.79 bits per heavy atom. The zero-order chi connectivity index (χ0) is 13.0. The van der Waals surface area contributed by atoms with Crippen molar-refractivity contribution in [3.05, 3.63) is 29.8 Å². The molecule has 4 saturated heterocycles. The first kappa shape index (κ1) is 11.4. The number of piperidine rings is 2. The Morgan fingerprint density at radius 3 is 2.42 bits per heavy atom. The standard InChI is InChI=1S/C15H18N2O2/c18-13-3-1-11(2-4-13)5-15-8-16-6-12(14(15)19)7-17(9-15)10-16/h1-4,12,18H,5-10H2. The summed E-state index contributed by atoms with van der Waals surface area (Å²) in [6.07, 6.45) is 0.801. The molecule has 0 radical (unpaired) electrons. The highest BCUT2D eigenvalue weighted by Gasteiger charge is 2.55. The number of carbonyl (C=O) groups is 1. The Kier molecular flexibility index (Phi) is 2.29. The second kappa shape index (κ2) is 3.81. The van der Waals surface area contributed by atoms with Gasteiger partial charge >= 0.3 is 0 Å². The average molecular weight is 258 g/mol. The van der Waals surface area contributed by atoms with Gasteiger partial charge in [-0.2, -0.15) is 0 Å². The van der Waals surface area contributed by atoms with E-state index < -0.39 is 0 Å². The monoisotopic (exact) mass is 258 g/mol. The summed E-state index contributed by atoms with van der Waals surface area (Å²) in [6.45, 7) is 4.74. The van der Waals surface area contributed by atoms with Crippen LogP contribution in [0.25, 0.3) is 0 Å². The highest BCUT2D eigenvalue weighted by molar-refractivity contribution is 5.90. The zero-order valence-corrected chi connectivity index (χ0v) is 10.9. The van der Waals surface area contributed by atoms with E-state index in [4.69, 9.17) is 0 Å². The van der Waals surface area contributed by atoms with Crippen LogP contribution in [0, 0.1) is 11.3 Å². The van der Waals surface area contributed by atoms with E-state index in [0.717, 1.165) is 44.8 Å². The molecule has 1 aromatic rings. The van der Waals surface area contributed by atoms with E-state index in [2.05, 4.69) is 9.80 Å². The average Bonchev–Trinajstić information content (AvgIpc) is 2.38. The fourth-order valence-electron chi connectivity index (χ4n) is 4.17. The van der Waals surface area contributed by atoms with Crippen LogP contribution < -0.4 is 0 Å². The van der Waals surface area contributed by atoms with E-state index >= 15 is 0 Å². The summed E-state index contributed by atoms with van der Waals surface area (Å²) in [5.74, 6) is 0.967. The number of hydrogen-bond acceptors (Lipinski definition) is 4. The molecular formula is C15H18N2O2. The SMILES string of the molecule is O=C1C2CN3CN(C2)CC1(Cc1ccc(O)cc1)C3.